The molecule has 0 aliphatic carbocycles. The Morgan fingerprint density at radius 3 is 2.40 bits per heavy atom. The van der Waals surface area contributed by atoms with E-state index in [2.05, 4.69) is 20.2 Å². The first kappa shape index (κ1) is 17.3. The summed E-state index contributed by atoms with van der Waals surface area (Å²) in [7, 11) is -3.96. The Labute approximate surface area is 152 Å². The van der Waals surface area contributed by atoms with Gasteiger partial charge in [0, 0.05) is 5.56 Å². The van der Waals surface area contributed by atoms with Crippen LogP contribution < -0.4 is 10.0 Å². The third kappa shape index (κ3) is 4.13. The summed E-state index contributed by atoms with van der Waals surface area (Å²) in [6, 6.07) is 14.9. The minimum absolute atomic E-state index is 0.0772. The molecule has 0 bridgehead atoms. The molecule has 2 N–H and O–H groups in total. The maximum absolute atomic E-state index is 12.3. The molecule has 0 fully saturated rings. The van der Waals surface area contributed by atoms with Gasteiger partial charge in [0.15, 0.2) is 0 Å². The zero-order valence-electron chi connectivity index (χ0n) is 12.5. The van der Waals surface area contributed by atoms with Crippen LogP contribution >= 0.6 is 22.9 Å². The molecule has 0 aliphatic heterocycles. The van der Waals surface area contributed by atoms with Crippen LogP contribution in [0, 0.1) is 0 Å². The Morgan fingerprint density at radius 2 is 1.68 bits per heavy atom. The zero-order valence-corrected chi connectivity index (χ0v) is 14.9. The lowest BCUT2D eigenvalue weighted by atomic mass is 10.2. The topological polar surface area (TPSA) is 101 Å². The van der Waals surface area contributed by atoms with Gasteiger partial charge in [0.25, 0.3) is 20.3 Å². The number of halogens is 1. The first-order valence-electron chi connectivity index (χ1n) is 6.93. The van der Waals surface area contributed by atoms with Crippen LogP contribution in [0.1, 0.15) is 10.4 Å². The van der Waals surface area contributed by atoms with Crippen LogP contribution in [-0.4, -0.2) is 24.5 Å². The van der Waals surface area contributed by atoms with Crippen LogP contribution in [0.15, 0.2) is 58.9 Å². The van der Waals surface area contributed by atoms with Gasteiger partial charge in [-0.05, 0) is 24.3 Å². The SMILES string of the molecule is O=C(Nc1nnc(S(=O)(=O)Nc2ccccc2Cl)s1)c1ccccc1. The number of aromatic nitrogens is 2. The minimum Gasteiger partial charge on any atom is -0.296 e. The summed E-state index contributed by atoms with van der Waals surface area (Å²) in [6.45, 7) is 0. The third-order valence-corrected chi connectivity index (χ3v) is 5.91. The monoisotopic (exact) mass is 394 g/mol. The van der Waals surface area contributed by atoms with Gasteiger partial charge < -0.3 is 0 Å². The highest BCUT2D eigenvalue weighted by atomic mass is 35.5. The van der Waals surface area contributed by atoms with E-state index in [0.717, 1.165) is 11.3 Å². The van der Waals surface area contributed by atoms with Crippen molar-refractivity contribution in [3.63, 3.8) is 0 Å². The molecular weight excluding hydrogens is 384 g/mol. The second-order valence-electron chi connectivity index (χ2n) is 4.78. The van der Waals surface area contributed by atoms with Gasteiger partial charge >= 0.3 is 0 Å². The number of para-hydroxylation sites is 1. The standard InChI is InChI=1S/C15H11ClN4O3S2/c16-11-8-4-5-9-12(11)20-25(22,23)15-19-18-14(24-15)17-13(21)10-6-2-1-3-7-10/h1-9,20H,(H,17,18,21). The second kappa shape index (κ2) is 7.18. The molecular formula is C15H11ClN4O3S2. The van der Waals surface area contributed by atoms with Gasteiger partial charge in [0.05, 0.1) is 10.7 Å². The summed E-state index contributed by atoms with van der Waals surface area (Å²) in [6.07, 6.45) is 0. The highest BCUT2D eigenvalue weighted by Crippen LogP contribution is 2.26. The molecule has 3 aromatic rings. The van der Waals surface area contributed by atoms with E-state index < -0.39 is 15.9 Å². The van der Waals surface area contributed by atoms with Gasteiger partial charge in [-0.25, -0.2) is 0 Å². The highest BCUT2D eigenvalue weighted by molar-refractivity contribution is 7.94. The van der Waals surface area contributed by atoms with Crippen molar-refractivity contribution in [2.24, 2.45) is 0 Å². The van der Waals surface area contributed by atoms with E-state index in [1.54, 1.807) is 48.5 Å². The number of amides is 1. The van der Waals surface area contributed by atoms with Crippen molar-refractivity contribution in [2.45, 2.75) is 4.34 Å². The Hall–Kier alpha value is -2.49. The Kier molecular flexibility index (Phi) is 4.98. The van der Waals surface area contributed by atoms with E-state index in [9.17, 15) is 13.2 Å². The normalized spacial score (nSPS) is 11.1. The van der Waals surface area contributed by atoms with Crippen molar-refractivity contribution in [1.29, 1.82) is 0 Å². The number of benzene rings is 2. The molecule has 0 saturated carbocycles. The molecule has 0 spiro atoms. The van der Waals surface area contributed by atoms with Crippen molar-refractivity contribution < 1.29 is 13.2 Å². The number of hydrogen-bond donors (Lipinski definition) is 2. The van der Waals surface area contributed by atoms with E-state index >= 15 is 0 Å². The molecule has 128 valence electrons. The van der Waals surface area contributed by atoms with Gasteiger partial charge in [0.1, 0.15) is 0 Å². The lowest BCUT2D eigenvalue weighted by molar-refractivity contribution is 0.102. The van der Waals surface area contributed by atoms with Gasteiger partial charge in [-0.1, -0.05) is 53.3 Å². The summed E-state index contributed by atoms with van der Waals surface area (Å²) in [5, 5.41) is 10.2. The Bertz CT molecular complexity index is 1010. The number of rotatable bonds is 5. The Morgan fingerprint density at radius 1 is 1.00 bits per heavy atom. The van der Waals surface area contributed by atoms with Crippen LogP contribution in [0.5, 0.6) is 0 Å². The first-order chi connectivity index (χ1) is 12.0. The molecule has 25 heavy (non-hydrogen) atoms. The summed E-state index contributed by atoms with van der Waals surface area (Å²) < 4.78 is 26.8. The molecule has 0 saturated heterocycles. The average molecular weight is 395 g/mol. The summed E-state index contributed by atoms with van der Waals surface area (Å²) in [5.41, 5.74) is 0.658. The van der Waals surface area contributed by atoms with Crippen LogP contribution in [0.4, 0.5) is 10.8 Å². The molecule has 1 aromatic heterocycles. The van der Waals surface area contributed by atoms with E-state index in [1.807, 2.05) is 0 Å². The van der Waals surface area contributed by atoms with Crippen molar-refractivity contribution >= 4 is 49.7 Å². The molecule has 0 atom stereocenters. The molecule has 0 aliphatic rings. The summed E-state index contributed by atoms with van der Waals surface area (Å²) >= 11 is 6.68. The summed E-state index contributed by atoms with van der Waals surface area (Å²) in [4.78, 5) is 12.1. The van der Waals surface area contributed by atoms with E-state index in [0.29, 0.717) is 5.56 Å². The third-order valence-electron chi connectivity index (χ3n) is 3.01. The number of nitrogens with zero attached hydrogens (tertiary/aromatic N) is 2. The number of sulfonamides is 1. The van der Waals surface area contributed by atoms with Crippen LogP contribution in [-0.2, 0) is 10.0 Å². The number of nitrogens with one attached hydrogen (secondary N) is 2. The van der Waals surface area contributed by atoms with Crippen molar-refractivity contribution in [3.05, 3.63) is 65.2 Å². The molecule has 1 heterocycles. The lowest BCUT2D eigenvalue weighted by Crippen LogP contribution is -2.13. The van der Waals surface area contributed by atoms with E-state index in [4.69, 9.17) is 11.6 Å². The smallest absolute Gasteiger partial charge is 0.291 e. The minimum atomic E-state index is -3.96. The first-order valence-corrected chi connectivity index (χ1v) is 9.61. The second-order valence-corrected chi connectivity index (χ2v) is 8.02. The fourth-order valence-corrected chi connectivity index (χ4v) is 4.08. The predicted octanol–water partition coefficient (Wildman–Crippen LogP) is 3.24. The number of carbonyl (C=O) groups is 1. The van der Waals surface area contributed by atoms with Crippen LogP contribution in [0.3, 0.4) is 0 Å². The largest absolute Gasteiger partial charge is 0.296 e. The number of hydrogen-bond acceptors (Lipinski definition) is 6. The van der Waals surface area contributed by atoms with Gasteiger partial charge in [-0.3, -0.25) is 14.8 Å². The van der Waals surface area contributed by atoms with Crippen LogP contribution in [0.25, 0.3) is 0 Å². The Balaban J connectivity index is 1.76. The van der Waals surface area contributed by atoms with Crippen molar-refractivity contribution in [1.82, 2.24) is 10.2 Å². The van der Waals surface area contributed by atoms with Gasteiger partial charge in [-0.2, -0.15) is 8.42 Å². The zero-order chi connectivity index (χ0) is 17.9. The van der Waals surface area contributed by atoms with Crippen molar-refractivity contribution in [3.8, 4) is 0 Å². The maximum Gasteiger partial charge on any atom is 0.291 e. The molecule has 0 radical (unpaired) electrons. The van der Waals surface area contributed by atoms with E-state index in [1.165, 1.54) is 6.07 Å². The lowest BCUT2D eigenvalue weighted by Gasteiger charge is -2.06. The maximum atomic E-state index is 12.3. The van der Waals surface area contributed by atoms with Gasteiger partial charge in [0.2, 0.25) is 5.13 Å². The molecule has 3 rings (SSSR count). The molecule has 0 unspecified atom stereocenters. The highest BCUT2D eigenvalue weighted by Gasteiger charge is 2.22. The fourth-order valence-electron chi connectivity index (χ4n) is 1.86. The quantitative estimate of drug-likeness (QED) is 0.647. The molecule has 7 nitrogen and oxygen atoms in total. The van der Waals surface area contributed by atoms with Gasteiger partial charge in [-0.15, -0.1) is 10.2 Å². The molecule has 10 heteroatoms. The molecule has 2 aromatic carbocycles. The van der Waals surface area contributed by atoms with Crippen LogP contribution in [0.2, 0.25) is 5.02 Å². The molecule has 1 amide bonds. The fraction of sp³-hybridized carbons (Fsp3) is 0. The number of carbonyl (C=O) groups excluding carboxylic acids is 1. The summed E-state index contributed by atoms with van der Waals surface area (Å²) in [5.74, 6) is -0.403. The predicted molar refractivity (Wildman–Crippen MR) is 96.6 cm³/mol. The van der Waals surface area contributed by atoms with Crippen molar-refractivity contribution in [2.75, 3.05) is 10.0 Å². The van der Waals surface area contributed by atoms with E-state index in [-0.39, 0.29) is 20.2 Å². The average Bonchev–Trinajstić information content (AvgIpc) is 3.07. The number of anilines is 2.